The van der Waals surface area contributed by atoms with E-state index < -0.39 is 0 Å². The molecule has 0 unspecified atom stereocenters. The van der Waals surface area contributed by atoms with E-state index in [2.05, 4.69) is 43.7 Å². The third-order valence-electron chi connectivity index (χ3n) is 2.13. The van der Waals surface area contributed by atoms with E-state index in [0.717, 1.165) is 6.42 Å². The van der Waals surface area contributed by atoms with Gasteiger partial charge >= 0.3 is 18.9 Å². The van der Waals surface area contributed by atoms with Crippen LogP contribution in [0.1, 0.15) is 13.3 Å². The van der Waals surface area contributed by atoms with E-state index in [0.29, 0.717) is 0 Å². The molecule has 0 radical (unpaired) electrons. The molecule has 0 aromatic heterocycles. The molecule has 0 aromatic carbocycles. The molecule has 56 valence electrons. The van der Waals surface area contributed by atoms with Crippen molar-refractivity contribution >= 4 is 0 Å². The van der Waals surface area contributed by atoms with Crippen LogP contribution < -0.4 is 18.9 Å². The van der Waals surface area contributed by atoms with Crippen molar-refractivity contribution in [1.82, 2.24) is 0 Å². The number of rotatable bonds is 0. The Hall–Kier alpha value is -0.573. The smallest absolute Gasteiger partial charge is 0.185 e. The van der Waals surface area contributed by atoms with E-state index in [4.69, 9.17) is 0 Å². The van der Waals surface area contributed by atoms with Gasteiger partial charge in [0.05, 0.1) is 0 Å². The summed E-state index contributed by atoms with van der Waals surface area (Å²) < 4.78 is 0. The minimum absolute atomic E-state index is 0. The van der Waals surface area contributed by atoms with Gasteiger partial charge < -0.3 is 0 Å². The maximum Gasteiger partial charge on any atom is 1.00 e. The van der Waals surface area contributed by atoms with Gasteiger partial charge in [0.1, 0.15) is 0 Å². The first kappa shape index (κ1) is 9.51. The predicted molar refractivity (Wildman–Crippen MR) is 48.0 cm³/mol. The monoisotopic (exact) mass is 150 g/mol. The van der Waals surface area contributed by atoms with Crippen LogP contribution in [-0.2, 0) is 0 Å². The average Bonchev–Trinajstić information content (AvgIpc) is 2.40. The zero-order chi connectivity index (χ0) is 7.68. The van der Waals surface area contributed by atoms with Gasteiger partial charge in [-0.15, -0.1) is 17.7 Å². The molecule has 0 amide bonds. The Labute approximate surface area is 85.9 Å². The molecule has 0 aliphatic heterocycles. The minimum atomic E-state index is 0. The van der Waals surface area contributed by atoms with Crippen molar-refractivity contribution in [3.8, 4) is 0 Å². The molecule has 2 aliphatic rings. The second kappa shape index (κ2) is 3.89. The third-order valence-corrected chi connectivity index (χ3v) is 2.13. The fraction of sp³-hybridized carbons (Fsp3) is 0.182. The summed E-state index contributed by atoms with van der Waals surface area (Å²) in [5.74, 6) is 0. The molecule has 0 fully saturated rings. The molecule has 0 nitrogen and oxygen atoms in total. The van der Waals surface area contributed by atoms with E-state index in [-0.39, 0.29) is 18.9 Å². The van der Waals surface area contributed by atoms with Crippen LogP contribution in [0.5, 0.6) is 0 Å². The van der Waals surface area contributed by atoms with Crippen molar-refractivity contribution in [2.75, 3.05) is 0 Å². The van der Waals surface area contributed by atoms with Crippen LogP contribution in [0.25, 0.3) is 0 Å². The summed E-state index contributed by atoms with van der Waals surface area (Å²) in [5, 5.41) is 0. The van der Waals surface area contributed by atoms with Crippen molar-refractivity contribution in [3.63, 3.8) is 0 Å². The first-order valence-corrected chi connectivity index (χ1v) is 3.97. The maximum absolute atomic E-state index is 2.28. The van der Waals surface area contributed by atoms with Crippen LogP contribution in [0.2, 0.25) is 0 Å². The summed E-state index contributed by atoms with van der Waals surface area (Å²) in [6.45, 7) is 2.16. The van der Waals surface area contributed by atoms with Crippen molar-refractivity contribution in [2.45, 2.75) is 13.3 Å². The quantitative estimate of drug-likeness (QED) is 0.336. The summed E-state index contributed by atoms with van der Waals surface area (Å²) in [7, 11) is 0. The fourth-order valence-corrected chi connectivity index (χ4v) is 1.53. The Kier molecular flexibility index (Phi) is 3.09. The Morgan fingerprint density at radius 3 is 2.83 bits per heavy atom. The summed E-state index contributed by atoms with van der Waals surface area (Å²) in [6.07, 6.45) is 14.2. The van der Waals surface area contributed by atoms with E-state index in [1.54, 1.807) is 0 Å². The Bertz CT molecular complexity index is 290. The molecule has 0 atom stereocenters. The van der Waals surface area contributed by atoms with Crippen molar-refractivity contribution in [2.24, 2.45) is 0 Å². The zero-order valence-electron chi connectivity index (χ0n) is 7.67. The van der Waals surface area contributed by atoms with E-state index in [1.807, 2.05) is 0 Å². The summed E-state index contributed by atoms with van der Waals surface area (Å²) in [5.41, 5.74) is 4.17. The van der Waals surface area contributed by atoms with Crippen LogP contribution in [0.15, 0.2) is 47.1 Å². The second-order valence-corrected chi connectivity index (χ2v) is 2.91. The molecule has 0 bridgehead atoms. The third kappa shape index (κ3) is 1.60. The molecule has 0 N–H and O–H groups in total. The van der Waals surface area contributed by atoms with Crippen LogP contribution in [0, 0.1) is 6.42 Å². The fourth-order valence-electron chi connectivity index (χ4n) is 1.53. The van der Waals surface area contributed by atoms with Gasteiger partial charge in [-0.25, -0.2) is 0 Å². The molecule has 0 saturated carbocycles. The maximum atomic E-state index is 2.28. The van der Waals surface area contributed by atoms with Crippen molar-refractivity contribution in [3.05, 3.63) is 53.5 Å². The van der Waals surface area contributed by atoms with Gasteiger partial charge in [-0.2, -0.15) is 18.1 Å². The molecule has 0 heterocycles. The first-order valence-electron chi connectivity index (χ1n) is 3.97. The summed E-state index contributed by atoms with van der Waals surface area (Å²) in [4.78, 5) is 0. The van der Waals surface area contributed by atoms with E-state index in [1.165, 1.54) is 16.7 Å². The van der Waals surface area contributed by atoms with E-state index in [9.17, 15) is 0 Å². The Balaban J connectivity index is 0.000000720. The largest absolute Gasteiger partial charge is 1.00 e. The van der Waals surface area contributed by atoms with Gasteiger partial charge in [0, 0.05) is 0 Å². The number of hydrogen-bond acceptors (Lipinski definition) is 0. The van der Waals surface area contributed by atoms with Gasteiger partial charge in [0.2, 0.25) is 0 Å². The van der Waals surface area contributed by atoms with Gasteiger partial charge in [0.15, 0.2) is 0 Å². The first-order chi connectivity index (χ1) is 5.38. The summed E-state index contributed by atoms with van der Waals surface area (Å²) in [6, 6.07) is 0. The minimum Gasteiger partial charge on any atom is -0.185 e. The number of allylic oxidation sites excluding steroid dienone is 8. The number of hydrogen-bond donors (Lipinski definition) is 0. The molecule has 12 heavy (non-hydrogen) atoms. The van der Waals surface area contributed by atoms with Gasteiger partial charge in [-0.1, -0.05) is 31.1 Å². The standard InChI is InChI=1S/C11H11.Li/c1-9-5-2-3-6-10-7-4-8-11(9)10;/h2-3,5-8H,4H2,1H3;/q-1;+1. The molecule has 1 heteroatoms. The van der Waals surface area contributed by atoms with Crippen LogP contribution in [0.4, 0.5) is 0 Å². The van der Waals surface area contributed by atoms with Gasteiger partial charge in [-0.3, -0.25) is 0 Å². The molecule has 0 aromatic rings. The van der Waals surface area contributed by atoms with Gasteiger partial charge in [0.25, 0.3) is 0 Å². The molecular formula is C11H11Li. The topological polar surface area (TPSA) is 0 Å². The number of fused-ring (bicyclic) bond motifs is 1. The zero-order valence-corrected chi connectivity index (χ0v) is 7.67. The Morgan fingerprint density at radius 2 is 2.00 bits per heavy atom. The molecular weight excluding hydrogens is 139 g/mol. The van der Waals surface area contributed by atoms with Crippen molar-refractivity contribution in [1.29, 1.82) is 0 Å². The molecule has 0 saturated heterocycles. The molecule has 2 rings (SSSR count). The summed E-state index contributed by atoms with van der Waals surface area (Å²) >= 11 is 0. The van der Waals surface area contributed by atoms with Crippen molar-refractivity contribution < 1.29 is 18.9 Å². The second-order valence-electron chi connectivity index (χ2n) is 2.91. The molecule has 0 spiro atoms. The van der Waals surface area contributed by atoms with E-state index >= 15 is 0 Å². The normalized spacial score (nSPS) is 19.2. The van der Waals surface area contributed by atoms with Gasteiger partial charge in [-0.05, 0) is 0 Å². The van der Waals surface area contributed by atoms with Crippen LogP contribution in [-0.4, -0.2) is 0 Å². The Morgan fingerprint density at radius 1 is 1.25 bits per heavy atom. The average molecular weight is 150 g/mol. The van der Waals surface area contributed by atoms with Crippen LogP contribution >= 0.6 is 0 Å². The SMILES string of the molecule is CC1=CC=CC=C2[CH-]CC=C12.[Li+]. The molecule has 2 aliphatic carbocycles. The predicted octanol–water partition coefficient (Wildman–Crippen LogP) is -0.0327. The van der Waals surface area contributed by atoms with Crippen LogP contribution in [0.3, 0.4) is 0 Å².